The summed E-state index contributed by atoms with van der Waals surface area (Å²) in [5, 5.41) is 13.6. The molecule has 0 aliphatic carbocycles. The second-order valence-corrected chi connectivity index (χ2v) is 5.16. The topological polar surface area (TPSA) is 100 Å². The number of anilines is 1. The molecule has 1 aromatic rings. The van der Waals surface area contributed by atoms with Gasteiger partial charge in [0.25, 0.3) is 0 Å². The van der Waals surface area contributed by atoms with Gasteiger partial charge in [-0.25, -0.2) is 0 Å². The van der Waals surface area contributed by atoms with E-state index in [-0.39, 0.29) is 5.70 Å². The van der Waals surface area contributed by atoms with E-state index in [4.69, 9.17) is 4.74 Å². The summed E-state index contributed by atoms with van der Waals surface area (Å²) in [5.41, 5.74) is 1.22. The van der Waals surface area contributed by atoms with Gasteiger partial charge in [-0.1, -0.05) is 0 Å². The Labute approximate surface area is 128 Å². The van der Waals surface area contributed by atoms with Crippen molar-refractivity contribution in [3.63, 3.8) is 0 Å². The van der Waals surface area contributed by atoms with E-state index in [2.05, 4.69) is 22.2 Å². The highest BCUT2D eigenvalue weighted by Crippen LogP contribution is 2.23. The fraction of sp³-hybridized carbons (Fsp3) is 0.500. The summed E-state index contributed by atoms with van der Waals surface area (Å²) in [4.78, 5) is 25.8. The van der Waals surface area contributed by atoms with Crippen LogP contribution in [0.1, 0.15) is 22.5 Å². The Morgan fingerprint density at radius 1 is 1.41 bits per heavy atom. The number of ether oxygens (including phenoxy) is 1. The van der Waals surface area contributed by atoms with E-state index < -0.39 is 4.92 Å². The van der Waals surface area contributed by atoms with Crippen LogP contribution in [-0.2, 0) is 4.74 Å². The molecule has 0 aromatic carbocycles. The number of carbonyl (C=O) groups is 1. The van der Waals surface area contributed by atoms with Crippen LogP contribution in [0.25, 0.3) is 6.08 Å². The second kappa shape index (κ2) is 7.71. The number of hydrogen-bond acceptors (Lipinski definition) is 6. The molecule has 1 saturated heterocycles. The van der Waals surface area contributed by atoms with Gasteiger partial charge in [0.15, 0.2) is 6.29 Å². The largest absolute Gasteiger partial charge is 0.379 e. The molecule has 120 valence electrons. The van der Waals surface area contributed by atoms with E-state index in [1.807, 2.05) is 0 Å². The number of aromatic nitrogens is 1. The van der Waals surface area contributed by atoms with E-state index in [0.717, 1.165) is 26.3 Å². The molecule has 0 spiro atoms. The first-order valence-corrected chi connectivity index (χ1v) is 7.13. The molecule has 3 heterocycles. The van der Waals surface area contributed by atoms with Crippen LogP contribution in [0.4, 0.5) is 5.82 Å². The first-order valence-electron chi connectivity index (χ1n) is 7.13. The van der Waals surface area contributed by atoms with Crippen molar-refractivity contribution in [3.05, 3.63) is 33.1 Å². The van der Waals surface area contributed by atoms with Crippen LogP contribution in [0.2, 0.25) is 0 Å². The van der Waals surface area contributed by atoms with Crippen molar-refractivity contribution >= 4 is 18.2 Å². The van der Waals surface area contributed by atoms with Gasteiger partial charge < -0.3 is 19.9 Å². The number of morpholine rings is 1. The Hall–Kier alpha value is -2.19. The zero-order chi connectivity index (χ0) is 15.9. The van der Waals surface area contributed by atoms with Crippen molar-refractivity contribution in [1.82, 2.24) is 9.88 Å². The number of H-pyrrole nitrogens is 1. The van der Waals surface area contributed by atoms with Crippen LogP contribution in [0.15, 0.2) is 11.8 Å². The van der Waals surface area contributed by atoms with Crippen molar-refractivity contribution in [2.45, 2.75) is 6.42 Å². The number of hydrogen-bond donors (Lipinski definition) is 2. The molecule has 1 aromatic heterocycles. The molecule has 0 saturated carbocycles. The van der Waals surface area contributed by atoms with E-state index in [1.54, 1.807) is 6.07 Å². The quantitative estimate of drug-likeness (QED) is 0.484. The lowest BCUT2D eigenvalue weighted by Gasteiger charge is -2.21. The van der Waals surface area contributed by atoms with Gasteiger partial charge >= 0.3 is 0 Å². The highest BCUT2D eigenvalue weighted by Gasteiger charge is 2.17. The first-order chi connectivity index (χ1) is 10.6. The number of fused-ring (bicyclic) bond motifs is 1. The minimum absolute atomic E-state index is 0.151. The molecule has 8 nitrogen and oxygen atoms in total. The minimum atomic E-state index is -0.398. The third kappa shape index (κ3) is 4.40. The second-order valence-electron chi connectivity index (χ2n) is 5.16. The molecule has 2 N–H and O–H groups in total. The Morgan fingerprint density at radius 2 is 2.14 bits per heavy atom. The minimum Gasteiger partial charge on any atom is -0.379 e. The van der Waals surface area contributed by atoms with Crippen molar-refractivity contribution in [2.75, 3.05) is 45.2 Å². The summed E-state index contributed by atoms with van der Waals surface area (Å²) in [5.74, 6) is 0.661. The monoisotopic (exact) mass is 308 g/mol. The molecule has 0 amide bonds. The van der Waals surface area contributed by atoms with Crippen LogP contribution in [-0.4, -0.2) is 61.0 Å². The molecule has 0 unspecified atom stereocenters. The average Bonchev–Trinajstić information content (AvgIpc) is 2.79. The number of aromatic amines is 1. The van der Waals surface area contributed by atoms with Crippen LogP contribution in [0, 0.1) is 10.1 Å². The molecule has 2 aliphatic rings. The molecular weight excluding hydrogens is 288 g/mol. The maximum absolute atomic E-state index is 10.6. The van der Waals surface area contributed by atoms with E-state index in [0.29, 0.717) is 36.3 Å². The smallest absolute Gasteiger partial charge is 0.248 e. The lowest BCUT2D eigenvalue weighted by Crippen LogP contribution is -2.32. The maximum atomic E-state index is 10.6. The normalized spacial score (nSPS) is 18.0. The van der Waals surface area contributed by atoms with E-state index in [9.17, 15) is 14.9 Å². The van der Waals surface area contributed by atoms with Gasteiger partial charge in [0.2, 0.25) is 5.70 Å². The zero-order valence-electron chi connectivity index (χ0n) is 12.5. The molecule has 2 aliphatic heterocycles. The highest BCUT2D eigenvalue weighted by atomic mass is 16.6. The molecular formula is C14H20N4O4. The Kier molecular flexibility index (Phi) is 5.68. The standard InChI is InChI=1S/C9H9N3O3.C5H11NO/c13-5-7-3-6-4-8(12(14)15)1-2-10-9(6)11-7;1-6-2-4-7-5-3-6/h3-5,10-11H,1-2H2;2-5H2,1H3. The number of nitrogens with one attached hydrogen (secondary N) is 2. The average molecular weight is 308 g/mol. The van der Waals surface area contributed by atoms with Gasteiger partial charge in [-0.2, -0.15) is 0 Å². The number of likely N-dealkylation sites (N-methyl/N-ethyl adjacent to an activating group) is 1. The van der Waals surface area contributed by atoms with Crippen molar-refractivity contribution in [2.24, 2.45) is 0 Å². The fourth-order valence-electron chi connectivity index (χ4n) is 2.18. The molecule has 22 heavy (non-hydrogen) atoms. The molecule has 0 bridgehead atoms. The third-order valence-electron chi connectivity index (χ3n) is 3.47. The SMILES string of the molecule is CN1CCOCC1.O=Cc1cc2c([nH]1)NCCC([N+](=O)[O-])=C2. The summed E-state index contributed by atoms with van der Waals surface area (Å²) >= 11 is 0. The van der Waals surface area contributed by atoms with Gasteiger partial charge in [0.1, 0.15) is 5.82 Å². The number of nitrogens with zero attached hydrogens (tertiary/aromatic N) is 2. The number of aldehydes is 1. The number of rotatable bonds is 2. The molecule has 0 atom stereocenters. The van der Waals surface area contributed by atoms with Crippen LogP contribution in [0.3, 0.4) is 0 Å². The van der Waals surface area contributed by atoms with Gasteiger partial charge in [0, 0.05) is 31.3 Å². The van der Waals surface area contributed by atoms with Gasteiger partial charge in [0.05, 0.1) is 30.3 Å². The lowest BCUT2D eigenvalue weighted by molar-refractivity contribution is -0.425. The summed E-state index contributed by atoms with van der Waals surface area (Å²) < 4.78 is 5.10. The Bertz CT molecular complexity index is 561. The zero-order valence-corrected chi connectivity index (χ0v) is 12.5. The Morgan fingerprint density at radius 3 is 2.68 bits per heavy atom. The van der Waals surface area contributed by atoms with Crippen LogP contribution < -0.4 is 5.32 Å². The lowest BCUT2D eigenvalue weighted by atomic mass is 10.2. The summed E-state index contributed by atoms with van der Waals surface area (Å²) in [6.07, 6.45) is 2.53. The van der Waals surface area contributed by atoms with Crippen LogP contribution in [0.5, 0.6) is 0 Å². The van der Waals surface area contributed by atoms with Gasteiger partial charge in [-0.15, -0.1) is 0 Å². The third-order valence-corrected chi connectivity index (χ3v) is 3.47. The number of carbonyl (C=O) groups excluding carboxylic acids is 1. The van der Waals surface area contributed by atoms with E-state index in [1.165, 1.54) is 6.08 Å². The van der Waals surface area contributed by atoms with Crippen LogP contribution >= 0.6 is 0 Å². The predicted octanol–water partition coefficient (Wildman–Crippen LogP) is 1.21. The highest BCUT2D eigenvalue weighted by molar-refractivity contribution is 5.79. The maximum Gasteiger partial charge on any atom is 0.248 e. The molecule has 8 heteroatoms. The van der Waals surface area contributed by atoms with Crippen molar-refractivity contribution in [3.8, 4) is 0 Å². The van der Waals surface area contributed by atoms with Gasteiger partial charge in [-0.05, 0) is 13.1 Å². The number of nitro groups is 1. The van der Waals surface area contributed by atoms with E-state index >= 15 is 0 Å². The van der Waals surface area contributed by atoms with Crippen molar-refractivity contribution < 1.29 is 14.5 Å². The Balaban J connectivity index is 0.000000211. The molecule has 0 radical (unpaired) electrons. The molecule has 1 fully saturated rings. The van der Waals surface area contributed by atoms with Crippen molar-refractivity contribution in [1.29, 1.82) is 0 Å². The van der Waals surface area contributed by atoms with Gasteiger partial charge in [-0.3, -0.25) is 14.9 Å². The predicted molar refractivity (Wildman–Crippen MR) is 82.6 cm³/mol. The summed E-state index contributed by atoms with van der Waals surface area (Å²) in [6, 6.07) is 1.59. The molecule has 3 rings (SSSR count). The first kappa shape index (κ1) is 16.2. The fourth-order valence-corrected chi connectivity index (χ4v) is 2.18. The summed E-state index contributed by atoms with van der Waals surface area (Å²) in [6.45, 7) is 4.51. The summed E-state index contributed by atoms with van der Waals surface area (Å²) in [7, 11) is 2.11.